The van der Waals surface area contributed by atoms with Crippen LogP contribution in [0.3, 0.4) is 0 Å². The number of ether oxygens (including phenoxy) is 2. The minimum absolute atomic E-state index is 0.0944. The Hall–Kier alpha value is -2.37. The van der Waals surface area contributed by atoms with Crippen LogP contribution in [0.2, 0.25) is 0 Å². The molecule has 6 nitrogen and oxygen atoms in total. The van der Waals surface area contributed by atoms with Gasteiger partial charge in [-0.2, -0.15) is 0 Å². The van der Waals surface area contributed by atoms with Gasteiger partial charge in [0.1, 0.15) is 13.2 Å². The molecule has 0 amide bonds. The SMILES string of the molecule is C=C(C)C(=O)OCCOC(=O)C(C=CC(=O)O)=CC(C)(C)C. The highest BCUT2D eigenvalue weighted by Crippen LogP contribution is 2.19. The Balaban J connectivity index is 4.66. The summed E-state index contributed by atoms with van der Waals surface area (Å²) in [5, 5.41) is 8.64. The van der Waals surface area contributed by atoms with Crippen molar-refractivity contribution in [3.63, 3.8) is 0 Å². The molecular weight excluding hydrogens is 288 g/mol. The number of aliphatic carboxylic acids is 1. The van der Waals surface area contributed by atoms with Crippen molar-refractivity contribution in [1.29, 1.82) is 0 Å². The van der Waals surface area contributed by atoms with Crippen molar-refractivity contribution in [2.45, 2.75) is 27.7 Å². The Bertz CT molecular complexity index is 505. The maximum Gasteiger partial charge on any atom is 0.337 e. The van der Waals surface area contributed by atoms with Crippen LogP contribution in [0.15, 0.2) is 36.0 Å². The minimum Gasteiger partial charge on any atom is -0.478 e. The predicted molar refractivity (Wildman–Crippen MR) is 81.0 cm³/mol. The molecule has 6 heteroatoms. The van der Waals surface area contributed by atoms with Gasteiger partial charge >= 0.3 is 17.9 Å². The number of carboxylic acids is 1. The van der Waals surface area contributed by atoms with Crippen LogP contribution in [-0.2, 0) is 23.9 Å². The number of hydrogen-bond donors (Lipinski definition) is 1. The largest absolute Gasteiger partial charge is 0.478 e. The number of carboxylic acid groups (broad SMARTS) is 1. The third-order valence-electron chi connectivity index (χ3n) is 2.13. The molecule has 0 heterocycles. The first-order valence-electron chi connectivity index (χ1n) is 6.66. The fourth-order valence-corrected chi connectivity index (χ4v) is 1.28. The van der Waals surface area contributed by atoms with Gasteiger partial charge in [-0.1, -0.05) is 33.4 Å². The molecular formula is C16H22O6. The van der Waals surface area contributed by atoms with Gasteiger partial charge in [-0.3, -0.25) is 0 Å². The molecule has 0 aliphatic heterocycles. The molecule has 0 atom stereocenters. The Morgan fingerprint density at radius 1 is 1.05 bits per heavy atom. The molecule has 0 rings (SSSR count). The Labute approximate surface area is 130 Å². The molecule has 0 saturated carbocycles. The summed E-state index contributed by atoms with van der Waals surface area (Å²) in [5.74, 6) is -2.41. The second kappa shape index (κ2) is 8.81. The third kappa shape index (κ3) is 9.52. The smallest absolute Gasteiger partial charge is 0.337 e. The van der Waals surface area contributed by atoms with E-state index >= 15 is 0 Å². The number of carbonyl (C=O) groups excluding carboxylic acids is 2. The summed E-state index contributed by atoms with van der Waals surface area (Å²) in [6.45, 7) is 10.3. The molecule has 0 bridgehead atoms. The zero-order valence-electron chi connectivity index (χ0n) is 13.3. The average molecular weight is 310 g/mol. The lowest BCUT2D eigenvalue weighted by atomic mass is 9.93. The quantitative estimate of drug-likeness (QED) is 0.336. The second-order valence-electron chi connectivity index (χ2n) is 5.69. The van der Waals surface area contributed by atoms with Crippen LogP contribution in [0.4, 0.5) is 0 Å². The first-order chi connectivity index (χ1) is 10.0. The summed E-state index contributed by atoms with van der Waals surface area (Å²) in [4.78, 5) is 33.6. The van der Waals surface area contributed by atoms with Crippen LogP contribution in [-0.4, -0.2) is 36.2 Å². The Kier molecular flexibility index (Phi) is 7.87. The molecule has 0 aliphatic carbocycles. The van der Waals surface area contributed by atoms with Crippen molar-refractivity contribution in [2.24, 2.45) is 5.41 Å². The van der Waals surface area contributed by atoms with Gasteiger partial charge in [-0.25, -0.2) is 14.4 Å². The Morgan fingerprint density at radius 2 is 1.55 bits per heavy atom. The lowest BCUT2D eigenvalue weighted by molar-refractivity contribution is -0.147. The Morgan fingerprint density at radius 3 is 1.95 bits per heavy atom. The van der Waals surface area contributed by atoms with Gasteiger partial charge in [-0.15, -0.1) is 0 Å². The van der Waals surface area contributed by atoms with Crippen LogP contribution in [0.1, 0.15) is 27.7 Å². The van der Waals surface area contributed by atoms with Gasteiger partial charge in [0.15, 0.2) is 0 Å². The molecule has 122 valence electrons. The van der Waals surface area contributed by atoms with Crippen molar-refractivity contribution < 1.29 is 29.0 Å². The van der Waals surface area contributed by atoms with Gasteiger partial charge in [-0.05, 0) is 18.4 Å². The number of allylic oxidation sites excluding steroid dienone is 1. The van der Waals surface area contributed by atoms with Crippen LogP contribution in [0.25, 0.3) is 0 Å². The predicted octanol–water partition coefficient (Wildman–Crippen LogP) is 2.26. The summed E-state index contributed by atoms with van der Waals surface area (Å²) in [6, 6.07) is 0. The van der Waals surface area contributed by atoms with Crippen LogP contribution in [0, 0.1) is 5.41 Å². The number of esters is 2. The van der Waals surface area contributed by atoms with Gasteiger partial charge in [0, 0.05) is 11.6 Å². The molecule has 0 radical (unpaired) electrons. The minimum atomic E-state index is -1.16. The van der Waals surface area contributed by atoms with E-state index < -0.39 is 17.9 Å². The van der Waals surface area contributed by atoms with Crippen molar-refractivity contribution >= 4 is 17.9 Å². The van der Waals surface area contributed by atoms with E-state index in [2.05, 4.69) is 6.58 Å². The van der Waals surface area contributed by atoms with Crippen LogP contribution < -0.4 is 0 Å². The van der Waals surface area contributed by atoms with E-state index in [1.54, 1.807) is 6.08 Å². The fraction of sp³-hybridized carbons (Fsp3) is 0.438. The lowest BCUT2D eigenvalue weighted by Crippen LogP contribution is -2.16. The molecule has 0 fully saturated rings. The highest BCUT2D eigenvalue weighted by molar-refractivity contribution is 5.93. The zero-order valence-corrected chi connectivity index (χ0v) is 13.3. The van der Waals surface area contributed by atoms with Crippen molar-refractivity contribution in [3.8, 4) is 0 Å². The van der Waals surface area contributed by atoms with Crippen LogP contribution in [0.5, 0.6) is 0 Å². The summed E-state index contributed by atoms with van der Waals surface area (Å²) < 4.78 is 9.74. The molecule has 0 unspecified atom stereocenters. The van der Waals surface area contributed by atoms with E-state index in [0.29, 0.717) is 0 Å². The maximum absolute atomic E-state index is 11.9. The second-order valence-corrected chi connectivity index (χ2v) is 5.69. The molecule has 0 aliphatic rings. The monoisotopic (exact) mass is 310 g/mol. The summed E-state index contributed by atoms with van der Waals surface area (Å²) in [7, 11) is 0. The lowest BCUT2D eigenvalue weighted by Gasteiger charge is -2.14. The van der Waals surface area contributed by atoms with E-state index in [1.807, 2.05) is 20.8 Å². The highest BCUT2D eigenvalue weighted by Gasteiger charge is 2.14. The first-order valence-corrected chi connectivity index (χ1v) is 6.66. The molecule has 22 heavy (non-hydrogen) atoms. The van der Waals surface area contributed by atoms with Crippen molar-refractivity contribution in [2.75, 3.05) is 13.2 Å². The molecule has 0 spiro atoms. The summed E-state index contributed by atoms with van der Waals surface area (Å²) in [5.41, 5.74) is 0.0500. The summed E-state index contributed by atoms with van der Waals surface area (Å²) in [6.07, 6.45) is 3.64. The third-order valence-corrected chi connectivity index (χ3v) is 2.13. The van der Waals surface area contributed by atoms with E-state index in [1.165, 1.54) is 13.0 Å². The molecule has 0 aromatic rings. The van der Waals surface area contributed by atoms with Gasteiger partial charge in [0.2, 0.25) is 0 Å². The number of rotatable bonds is 7. The van der Waals surface area contributed by atoms with Crippen molar-refractivity contribution in [3.05, 3.63) is 36.0 Å². The van der Waals surface area contributed by atoms with E-state index in [-0.39, 0.29) is 29.8 Å². The molecule has 1 N–H and O–H groups in total. The van der Waals surface area contributed by atoms with Gasteiger partial charge in [0.25, 0.3) is 0 Å². The number of hydrogen-bond acceptors (Lipinski definition) is 5. The molecule has 0 saturated heterocycles. The van der Waals surface area contributed by atoms with Gasteiger partial charge in [0.05, 0.1) is 5.57 Å². The topological polar surface area (TPSA) is 89.9 Å². The highest BCUT2D eigenvalue weighted by atomic mass is 16.6. The number of carbonyl (C=O) groups is 3. The van der Waals surface area contributed by atoms with Crippen molar-refractivity contribution in [1.82, 2.24) is 0 Å². The summed E-state index contributed by atoms with van der Waals surface area (Å²) >= 11 is 0. The molecule has 0 aromatic carbocycles. The van der Waals surface area contributed by atoms with E-state index in [4.69, 9.17) is 14.6 Å². The first kappa shape index (κ1) is 19.6. The normalized spacial score (nSPS) is 12.1. The van der Waals surface area contributed by atoms with Crippen LogP contribution >= 0.6 is 0 Å². The maximum atomic E-state index is 11.9. The fourth-order valence-electron chi connectivity index (χ4n) is 1.28. The van der Waals surface area contributed by atoms with Gasteiger partial charge < -0.3 is 14.6 Å². The average Bonchev–Trinajstić information content (AvgIpc) is 2.37. The zero-order chi connectivity index (χ0) is 17.3. The molecule has 0 aromatic heterocycles. The van der Waals surface area contributed by atoms with E-state index in [9.17, 15) is 14.4 Å². The standard InChI is InChI=1S/C16H22O6/c1-11(2)14(19)21-8-9-22-15(20)12(6-7-13(17)18)10-16(3,4)5/h6-7,10H,1,8-9H2,2-5H3,(H,17,18). The van der Waals surface area contributed by atoms with E-state index in [0.717, 1.165) is 6.08 Å².